The third kappa shape index (κ3) is 8.69. The fraction of sp³-hybridized carbons (Fsp3) is 0.195. The lowest BCUT2D eigenvalue weighted by atomic mass is 10.0. The van der Waals surface area contributed by atoms with Crippen LogP contribution in [0.25, 0.3) is 10.9 Å². The lowest BCUT2D eigenvalue weighted by Crippen LogP contribution is -2.27. The number of rotatable bonds is 15. The van der Waals surface area contributed by atoms with E-state index in [9.17, 15) is 0 Å². The number of hydrogen-bond acceptors (Lipinski definition) is 6. The van der Waals surface area contributed by atoms with Crippen LogP contribution in [0.2, 0.25) is 0 Å². The summed E-state index contributed by atoms with van der Waals surface area (Å²) < 4.78 is 24.9. The number of hydrogen-bond donors (Lipinski definition) is 1. The summed E-state index contributed by atoms with van der Waals surface area (Å²) in [6.45, 7) is 4.03. The summed E-state index contributed by atoms with van der Waals surface area (Å²) >= 11 is 0. The molecule has 6 aromatic rings. The fourth-order valence-corrected chi connectivity index (χ4v) is 5.47. The second-order valence-corrected chi connectivity index (χ2v) is 11.6. The largest absolute Gasteiger partial charge is 0.497 e. The maximum atomic E-state index is 6.47. The quantitative estimate of drug-likeness (QED) is 0.123. The molecule has 1 atom stereocenters. The van der Waals surface area contributed by atoms with Gasteiger partial charge in [0.1, 0.15) is 25.6 Å². The lowest BCUT2D eigenvalue weighted by Gasteiger charge is -2.20. The molecule has 0 aliphatic heterocycles. The van der Waals surface area contributed by atoms with Gasteiger partial charge in [0.2, 0.25) is 5.75 Å². The molecule has 0 amide bonds. The summed E-state index contributed by atoms with van der Waals surface area (Å²) in [5.74, 6) is 2.71. The smallest absolute Gasteiger partial charge is 0.203 e. The molecule has 6 nitrogen and oxygen atoms in total. The molecule has 1 heterocycles. The molecule has 6 rings (SSSR count). The van der Waals surface area contributed by atoms with Crippen molar-refractivity contribution in [1.29, 1.82) is 0 Å². The zero-order chi connectivity index (χ0) is 32.3. The van der Waals surface area contributed by atoms with Crippen molar-refractivity contribution in [2.24, 2.45) is 0 Å². The zero-order valence-electron chi connectivity index (χ0n) is 26.9. The molecule has 238 valence electrons. The molecule has 0 aliphatic rings. The van der Waals surface area contributed by atoms with Gasteiger partial charge in [0.25, 0.3) is 0 Å². The maximum absolute atomic E-state index is 6.47. The number of pyridine rings is 1. The van der Waals surface area contributed by atoms with Crippen LogP contribution in [0.3, 0.4) is 0 Å². The lowest BCUT2D eigenvalue weighted by molar-refractivity contribution is 0.229. The predicted molar refractivity (Wildman–Crippen MR) is 187 cm³/mol. The van der Waals surface area contributed by atoms with Crippen LogP contribution in [-0.4, -0.2) is 18.1 Å². The normalized spacial score (nSPS) is 11.6. The first-order valence-electron chi connectivity index (χ1n) is 16.0. The third-order valence-electron chi connectivity index (χ3n) is 8.00. The second kappa shape index (κ2) is 15.8. The molecule has 1 N–H and O–H groups in total. The Morgan fingerprint density at radius 1 is 0.617 bits per heavy atom. The molecule has 47 heavy (non-hydrogen) atoms. The van der Waals surface area contributed by atoms with Gasteiger partial charge in [-0.1, -0.05) is 91.0 Å². The van der Waals surface area contributed by atoms with Crippen LogP contribution in [0.5, 0.6) is 23.0 Å². The van der Waals surface area contributed by atoms with E-state index in [1.165, 1.54) is 5.56 Å². The van der Waals surface area contributed by atoms with E-state index in [0.29, 0.717) is 43.6 Å². The first kappa shape index (κ1) is 31.6. The zero-order valence-corrected chi connectivity index (χ0v) is 26.9. The van der Waals surface area contributed by atoms with Gasteiger partial charge in [-0.15, -0.1) is 0 Å². The van der Waals surface area contributed by atoms with Gasteiger partial charge in [-0.2, -0.15) is 0 Å². The van der Waals surface area contributed by atoms with Crippen molar-refractivity contribution in [1.82, 2.24) is 10.3 Å². The maximum Gasteiger partial charge on any atom is 0.203 e. The molecule has 0 fully saturated rings. The standard InChI is InChI=1S/C41H40N2O4/c1-30(22-35-20-21-42-38-19-18-36(44-2)25-37(35)38)43-26-34-23-39(45-27-31-12-6-3-7-13-31)41(47-29-33-16-10-5-11-17-33)40(24-34)46-28-32-14-8-4-9-15-32/h3-21,23-25,30,43H,22,26-29H2,1-2H3. The topological polar surface area (TPSA) is 61.8 Å². The van der Waals surface area contributed by atoms with E-state index in [1.54, 1.807) is 7.11 Å². The van der Waals surface area contributed by atoms with Gasteiger partial charge >= 0.3 is 0 Å². The summed E-state index contributed by atoms with van der Waals surface area (Å²) in [4.78, 5) is 4.54. The van der Waals surface area contributed by atoms with Crippen LogP contribution in [0.4, 0.5) is 0 Å². The summed E-state index contributed by atoms with van der Waals surface area (Å²) in [5, 5.41) is 4.82. The van der Waals surface area contributed by atoms with Crippen molar-refractivity contribution in [3.8, 4) is 23.0 Å². The summed E-state index contributed by atoms with van der Waals surface area (Å²) in [7, 11) is 1.69. The summed E-state index contributed by atoms with van der Waals surface area (Å²) in [5.41, 5.74) is 6.44. The Kier molecular flexibility index (Phi) is 10.6. The van der Waals surface area contributed by atoms with Crippen LogP contribution < -0.4 is 24.3 Å². The van der Waals surface area contributed by atoms with E-state index < -0.39 is 0 Å². The van der Waals surface area contributed by atoms with E-state index in [2.05, 4.69) is 77.9 Å². The predicted octanol–water partition coefficient (Wildman–Crippen LogP) is 8.70. The molecule has 6 heteroatoms. The molecule has 0 saturated heterocycles. The van der Waals surface area contributed by atoms with Gasteiger partial charge in [-0.05, 0) is 77.6 Å². The number of benzene rings is 5. The number of fused-ring (bicyclic) bond motifs is 1. The highest BCUT2D eigenvalue weighted by Crippen LogP contribution is 2.40. The Labute approximate surface area is 276 Å². The van der Waals surface area contributed by atoms with Crippen LogP contribution in [0.15, 0.2) is 134 Å². The monoisotopic (exact) mass is 624 g/mol. The Bertz CT molecular complexity index is 1800. The van der Waals surface area contributed by atoms with Crippen molar-refractivity contribution >= 4 is 10.9 Å². The number of nitrogens with one attached hydrogen (secondary N) is 1. The van der Waals surface area contributed by atoms with Crippen molar-refractivity contribution in [3.63, 3.8) is 0 Å². The summed E-state index contributed by atoms with van der Waals surface area (Å²) in [6, 6.07) is 42.9. The first-order chi connectivity index (χ1) is 23.1. The van der Waals surface area contributed by atoms with Crippen molar-refractivity contribution in [3.05, 3.63) is 161 Å². The Hall–Kier alpha value is -5.33. The molecule has 5 aromatic carbocycles. The van der Waals surface area contributed by atoms with Gasteiger partial charge in [-0.25, -0.2) is 0 Å². The van der Waals surface area contributed by atoms with E-state index in [0.717, 1.165) is 45.3 Å². The van der Waals surface area contributed by atoms with Gasteiger partial charge < -0.3 is 24.3 Å². The minimum absolute atomic E-state index is 0.184. The first-order valence-corrected chi connectivity index (χ1v) is 16.0. The molecule has 0 bridgehead atoms. The number of methoxy groups -OCH3 is 1. The van der Waals surface area contributed by atoms with Gasteiger partial charge in [0.15, 0.2) is 11.5 Å². The van der Waals surface area contributed by atoms with Crippen LogP contribution >= 0.6 is 0 Å². The van der Waals surface area contributed by atoms with Crippen LogP contribution in [0, 0.1) is 0 Å². The van der Waals surface area contributed by atoms with Crippen molar-refractivity contribution in [2.75, 3.05) is 7.11 Å². The molecule has 1 aromatic heterocycles. The van der Waals surface area contributed by atoms with E-state index >= 15 is 0 Å². The molecule has 1 unspecified atom stereocenters. The van der Waals surface area contributed by atoms with E-state index in [4.69, 9.17) is 18.9 Å². The van der Waals surface area contributed by atoms with Crippen LogP contribution in [-0.2, 0) is 32.8 Å². The molecule has 0 spiro atoms. The average molecular weight is 625 g/mol. The highest BCUT2D eigenvalue weighted by molar-refractivity contribution is 5.83. The van der Waals surface area contributed by atoms with Crippen molar-refractivity contribution < 1.29 is 18.9 Å². The Morgan fingerprint density at radius 3 is 1.72 bits per heavy atom. The SMILES string of the molecule is COc1ccc2nccc(CC(C)NCc3cc(OCc4ccccc4)c(OCc4ccccc4)c(OCc4ccccc4)c3)c2c1. The molecular weight excluding hydrogens is 584 g/mol. The fourth-order valence-electron chi connectivity index (χ4n) is 5.47. The average Bonchev–Trinajstić information content (AvgIpc) is 3.13. The van der Waals surface area contributed by atoms with Gasteiger partial charge in [0, 0.05) is 24.2 Å². The third-order valence-corrected chi connectivity index (χ3v) is 8.00. The summed E-state index contributed by atoms with van der Waals surface area (Å²) in [6.07, 6.45) is 2.71. The van der Waals surface area contributed by atoms with Crippen molar-refractivity contribution in [2.45, 2.75) is 45.8 Å². The molecule has 0 aliphatic carbocycles. The molecular formula is C41H40N2O4. The Balaban J connectivity index is 1.26. The van der Waals surface area contributed by atoms with Crippen LogP contribution in [0.1, 0.15) is 34.7 Å². The second-order valence-electron chi connectivity index (χ2n) is 11.6. The Morgan fingerprint density at radius 2 is 1.17 bits per heavy atom. The highest BCUT2D eigenvalue weighted by Gasteiger charge is 2.18. The minimum Gasteiger partial charge on any atom is -0.497 e. The highest BCUT2D eigenvalue weighted by atomic mass is 16.5. The number of ether oxygens (including phenoxy) is 4. The number of aromatic nitrogens is 1. The molecule has 0 radical (unpaired) electrons. The molecule has 0 saturated carbocycles. The number of nitrogens with zero attached hydrogens (tertiary/aromatic N) is 1. The van der Waals surface area contributed by atoms with Gasteiger partial charge in [0.05, 0.1) is 12.6 Å². The van der Waals surface area contributed by atoms with Gasteiger partial charge in [-0.3, -0.25) is 4.98 Å². The van der Waals surface area contributed by atoms with E-state index in [-0.39, 0.29) is 6.04 Å². The van der Waals surface area contributed by atoms with E-state index in [1.807, 2.05) is 72.9 Å². The minimum atomic E-state index is 0.184.